The third-order valence-corrected chi connectivity index (χ3v) is 6.12. The monoisotopic (exact) mass is 285 g/mol. The van der Waals surface area contributed by atoms with E-state index in [9.17, 15) is 0 Å². The van der Waals surface area contributed by atoms with Crippen molar-refractivity contribution >= 4 is 0 Å². The molecule has 1 nitrogen and oxygen atoms in total. The van der Waals surface area contributed by atoms with Crippen molar-refractivity contribution in [3.05, 3.63) is 35.4 Å². The Hall–Kier alpha value is -0.820. The summed E-state index contributed by atoms with van der Waals surface area (Å²) < 4.78 is 0. The molecule has 0 aromatic heterocycles. The first-order chi connectivity index (χ1) is 10.2. The minimum atomic E-state index is 0.580. The summed E-state index contributed by atoms with van der Waals surface area (Å²) in [6.45, 7) is 7.92. The fourth-order valence-electron chi connectivity index (χ4n) is 4.71. The molecule has 2 aliphatic carbocycles. The summed E-state index contributed by atoms with van der Waals surface area (Å²) in [7, 11) is 0. The van der Waals surface area contributed by atoms with Crippen molar-refractivity contribution in [3.8, 4) is 0 Å². The molecule has 1 aromatic rings. The maximum Gasteiger partial charge on any atom is 0.0351 e. The fraction of sp³-hybridized carbons (Fsp3) is 0.700. The summed E-state index contributed by atoms with van der Waals surface area (Å²) in [6, 6.07) is 10.1. The molecule has 2 aliphatic rings. The van der Waals surface area contributed by atoms with Gasteiger partial charge in [0.2, 0.25) is 0 Å². The Balaban J connectivity index is 1.77. The van der Waals surface area contributed by atoms with Crippen molar-refractivity contribution in [2.45, 2.75) is 64.8 Å². The van der Waals surface area contributed by atoms with Gasteiger partial charge in [0.15, 0.2) is 0 Å². The van der Waals surface area contributed by atoms with Crippen LogP contribution in [-0.4, -0.2) is 6.54 Å². The highest BCUT2D eigenvalue weighted by molar-refractivity contribution is 5.28. The normalized spacial score (nSPS) is 30.5. The molecular formula is C20H31N. The number of nitrogens with one attached hydrogen (secondary N) is 1. The van der Waals surface area contributed by atoms with E-state index >= 15 is 0 Å². The maximum atomic E-state index is 3.79. The molecule has 2 bridgehead atoms. The van der Waals surface area contributed by atoms with Gasteiger partial charge in [-0.05, 0) is 67.0 Å². The topological polar surface area (TPSA) is 12.0 Å². The Morgan fingerprint density at radius 3 is 2.29 bits per heavy atom. The molecular weight excluding hydrogens is 254 g/mol. The summed E-state index contributed by atoms with van der Waals surface area (Å²) in [5, 5.41) is 3.79. The van der Waals surface area contributed by atoms with E-state index in [1.807, 2.05) is 0 Å². The van der Waals surface area contributed by atoms with Gasteiger partial charge in [-0.25, -0.2) is 0 Å². The highest BCUT2D eigenvalue weighted by atomic mass is 14.9. The molecule has 1 aromatic carbocycles. The van der Waals surface area contributed by atoms with E-state index in [0.717, 1.165) is 24.3 Å². The standard InChI is InChI=1S/C20H31N/c1-4-14(3)16-8-10-17(11-9-16)20(21-5-2)19-13-15-6-7-18(19)12-15/h8-11,14-15,18-21H,4-7,12-13H2,1-3H3. The van der Waals surface area contributed by atoms with E-state index in [0.29, 0.717) is 12.0 Å². The van der Waals surface area contributed by atoms with Gasteiger partial charge in [-0.3, -0.25) is 0 Å². The first kappa shape index (κ1) is 15.1. The molecule has 0 amide bonds. The van der Waals surface area contributed by atoms with E-state index in [1.54, 1.807) is 0 Å². The van der Waals surface area contributed by atoms with Crippen LogP contribution in [0.25, 0.3) is 0 Å². The van der Waals surface area contributed by atoms with Crippen molar-refractivity contribution in [3.63, 3.8) is 0 Å². The number of rotatable bonds is 6. The summed E-state index contributed by atoms with van der Waals surface area (Å²) in [5.41, 5.74) is 3.01. The van der Waals surface area contributed by atoms with E-state index in [2.05, 4.69) is 50.4 Å². The quantitative estimate of drug-likeness (QED) is 0.749. The molecule has 21 heavy (non-hydrogen) atoms. The van der Waals surface area contributed by atoms with Gasteiger partial charge in [0.05, 0.1) is 0 Å². The second-order valence-corrected chi connectivity index (χ2v) is 7.35. The van der Waals surface area contributed by atoms with Crippen molar-refractivity contribution < 1.29 is 0 Å². The number of hydrogen-bond acceptors (Lipinski definition) is 1. The SMILES string of the molecule is CCNC(c1ccc(C(C)CC)cc1)C1CC2CCC1C2. The van der Waals surface area contributed by atoms with Crippen LogP contribution in [-0.2, 0) is 0 Å². The van der Waals surface area contributed by atoms with Crippen molar-refractivity contribution in [1.29, 1.82) is 0 Å². The molecule has 116 valence electrons. The zero-order valence-electron chi connectivity index (χ0n) is 13.9. The number of hydrogen-bond donors (Lipinski definition) is 1. The zero-order chi connectivity index (χ0) is 14.8. The predicted octanol–water partition coefficient (Wildman–Crippen LogP) is 5.29. The summed E-state index contributed by atoms with van der Waals surface area (Å²) >= 11 is 0. The Morgan fingerprint density at radius 2 is 1.76 bits per heavy atom. The highest BCUT2D eigenvalue weighted by Crippen LogP contribution is 2.52. The van der Waals surface area contributed by atoms with Crippen LogP contribution in [0, 0.1) is 17.8 Å². The smallest absolute Gasteiger partial charge is 0.0351 e. The Morgan fingerprint density at radius 1 is 1.05 bits per heavy atom. The average molecular weight is 285 g/mol. The molecule has 5 atom stereocenters. The summed E-state index contributed by atoms with van der Waals surface area (Å²) in [4.78, 5) is 0. The number of benzene rings is 1. The Kier molecular flexibility index (Phi) is 4.69. The van der Waals surface area contributed by atoms with Gasteiger partial charge in [0.25, 0.3) is 0 Å². The van der Waals surface area contributed by atoms with Crippen LogP contribution in [0.1, 0.15) is 76.0 Å². The minimum absolute atomic E-state index is 0.580. The van der Waals surface area contributed by atoms with Gasteiger partial charge >= 0.3 is 0 Å². The lowest BCUT2D eigenvalue weighted by Crippen LogP contribution is -2.31. The lowest BCUT2D eigenvalue weighted by atomic mass is 9.80. The predicted molar refractivity (Wildman–Crippen MR) is 90.5 cm³/mol. The molecule has 1 heteroatoms. The van der Waals surface area contributed by atoms with Gasteiger partial charge in [0, 0.05) is 6.04 Å². The van der Waals surface area contributed by atoms with Crippen LogP contribution >= 0.6 is 0 Å². The van der Waals surface area contributed by atoms with E-state index in [-0.39, 0.29) is 0 Å². The zero-order valence-corrected chi connectivity index (χ0v) is 13.9. The Labute approximate surface area is 130 Å². The number of fused-ring (bicyclic) bond motifs is 2. The third kappa shape index (κ3) is 3.04. The second kappa shape index (κ2) is 6.52. The lowest BCUT2D eigenvalue weighted by molar-refractivity contribution is 0.253. The van der Waals surface area contributed by atoms with E-state index in [4.69, 9.17) is 0 Å². The van der Waals surface area contributed by atoms with Crippen molar-refractivity contribution in [2.24, 2.45) is 17.8 Å². The molecule has 0 heterocycles. The molecule has 0 spiro atoms. The summed E-state index contributed by atoms with van der Waals surface area (Å²) in [5.74, 6) is 3.56. The van der Waals surface area contributed by atoms with Crippen LogP contribution < -0.4 is 5.32 Å². The van der Waals surface area contributed by atoms with Gasteiger partial charge in [-0.1, -0.05) is 51.5 Å². The van der Waals surface area contributed by atoms with E-state index < -0.39 is 0 Å². The van der Waals surface area contributed by atoms with E-state index in [1.165, 1.54) is 43.2 Å². The third-order valence-electron chi connectivity index (χ3n) is 6.12. The van der Waals surface area contributed by atoms with Crippen LogP contribution in [0.3, 0.4) is 0 Å². The fourth-order valence-corrected chi connectivity index (χ4v) is 4.71. The first-order valence-electron chi connectivity index (χ1n) is 9.06. The summed E-state index contributed by atoms with van der Waals surface area (Å²) in [6.07, 6.45) is 7.14. The average Bonchev–Trinajstić information content (AvgIpc) is 3.15. The minimum Gasteiger partial charge on any atom is -0.310 e. The van der Waals surface area contributed by atoms with Gasteiger partial charge < -0.3 is 5.32 Å². The molecule has 0 saturated heterocycles. The highest BCUT2D eigenvalue weighted by Gasteiger charge is 2.43. The molecule has 0 radical (unpaired) electrons. The van der Waals surface area contributed by atoms with Gasteiger partial charge in [-0.2, -0.15) is 0 Å². The second-order valence-electron chi connectivity index (χ2n) is 7.35. The molecule has 0 aliphatic heterocycles. The maximum absolute atomic E-state index is 3.79. The van der Waals surface area contributed by atoms with Crippen LogP contribution in [0.2, 0.25) is 0 Å². The first-order valence-corrected chi connectivity index (χ1v) is 9.06. The van der Waals surface area contributed by atoms with Crippen LogP contribution in [0.4, 0.5) is 0 Å². The molecule has 2 saturated carbocycles. The van der Waals surface area contributed by atoms with Crippen molar-refractivity contribution in [2.75, 3.05) is 6.54 Å². The molecule has 1 N–H and O–H groups in total. The van der Waals surface area contributed by atoms with Crippen LogP contribution in [0.5, 0.6) is 0 Å². The van der Waals surface area contributed by atoms with Gasteiger partial charge in [0.1, 0.15) is 0 Å². The molecule has 3 rings (SSSR count). The molecule has 5 unspecified atom stereocenters. The lowest BCUT2D eigenvalue weighted by Gasteiger charge is -2.31. The Bertz CT molecular complexity index is 449. The van der Waals surface area contributed by atoms with Crippen molar-refractivity contribution in [1.82, 2.24) is 5.32 Å². The van der Waals surface area contributed by atoms with Crippen LogP contribution in [0.15, 0.2) is 24.3 Å². The van der Waals surface area contributed by atoms with Gasteiger partial charge in [-0.15, -0.1) is 0 Å². The largest absolute Gasteiger partial charge is 0.310 e. The molecule has 2 fully saturated rings.